The third-order valence-corrected chi connectivity index (χ3v) is 4.04. The number of halogens is 2. The fraction of sp³-hybridized carbons (Fsp3) is 0.538. The number of fused-ring (bicyclic) bond motifs is 2. The summed E-state index contributed by atoms with van der Waals surface area (Å²) in [6.45, 7) is 0. The summed E-state index contributed by atoms with van der Waals surface area (Å²) in [5.41, 5.74) is -0.754. The quantitative estimate of drug-likeness (QED) is 0.661. The number of rotatable bonds is 3. The van der Waals surface area contributed by atoms with Gasteiger partial charge in [0.15, 0.2) is 0 Å². The minimum Gasteiger partial charge on any atom is -0.376 e. The van der Waals surface area contributed by atoms with Gasteiger partial charge in [0.1, 0.15) is 11.5 Å². The van der Waals surface area contributed by atoms with Crippen molar-refractivity contribution in [2.24, 2.45) is 0 Å². The van der Waals surface area contributed by atoms with Crippen molar-refractivity contribution in [3.8, 4) is 0 Å². The maximum atomic E-state index is 13.5. The van der Waals surface area contributed by atoms with Crippen LogP contribution in [-0.4, -0.2) is 23.0 Å². The molecule has 2 aliphatic heterocycles. The van der Waals surface area contributed by atoms with Crippen LogP contribution in [0.1, 0.15) is 25.7 Å². The highest BCUT2D eigenvalue weighted by Crippen LogP contribution is 2.33. The van der Waals surface area contributed by atoms with Crippen molar-refractivity contribution in [1.82, 2.24) is 5.32 Å². The molecule has 7 heteroatoms. The molecule has 3 rings (SSSR count). The van der Waals surface area contributed by atoms with Crippen LogP contribution in [0, 0.1) is 21.7 Å². The minimum atomic E-state index is -1.14. The molecule has 0 aliphatic carbocycles. The maximum absolute atomic E-state index is 13.5. The van der Waals surface area contributed by atoms with E-state index in [4.69, 9.17) is 0 Å². The van der Waals surface area contributed by atoms with Gasteiger partial charge >= 0.3 is 5.69 Å². The average molecular weight is 283 g/mol. The summed E-state index contributed by atoms with van der Waals surface area (Å²) in [7, 11) is 0. The minimum absolute atomic E-state index is 0.00801. The van der Waals surface area contributed by atoms with E-state index in [-0.39, 0.29) is 11.7 Å². The third kappa shape index (κ3) is 2.45. The normalized spacial score (nSPS) is 28.4. The Bertz CT molecular complexity index is 541. The van der Waals surface area contributed by atoms with Crippen LogP contribution in [0.15, 0.2) is 12.1 Å². The lowest BCUT2D eigenvalue weighted by atomic mass is 9.99. The number of nitrogens with zero attached hydrogens (tertiary/aromatic N) is 1. The molecular formula is C13H15F2N3O2. The third-order valence-electron chi connectivity index (χ3n) is 4.04. The molecule has 2 saturated heterocycles. The first kappa shape index (κ1) is 13.2. The van der Waals surface area contributed by atoms with E-state index >= 15 is 0 Å². The van der Waals surface area contributed by atoms with E-state index in [9.17, 15) is 18.9 Å². The summed E-state index contributed by atoms with van der Waals surface area (Å²) in [5, 5.41) is 17.3. The number of benzene rings is 1. The van der Waals surface area contributed by atoms with Crippen LogP contribution in [-0.2, 0) is 0 Å². The molecule has 108 valence electrons. The predicted octanol–water partition coefficient (Wildman–Crippen LogP) is 2.57. The van der Waals surface area contributed by atoms with E-state index in [0.717, 1.165) is 31.7 Å². The molecule has 2 fully saturated rings. The molecule has 20 heavy (non-hydrogen) atoms. The monoisotopic (exact) mass is 283 g/mol. The van der Waals surface area contributed by atoms with Crippen molar-refractivity contribution < 1.29 is 13.7 Å². The Morgan fingerprint density at radius 2 is 1.90 bits per heavy atom. The number of piperidine rings is 1. The highest BCUT2D eigenvalue weighted by Gasteiger charge is 2.34. The Kier molecular flexibility index (Phi) is 3.29. The van der Waals surface area contributed by atoms with Crippen LogP contribution in [0.5, 0.6) is 0 Å². The van der Waals surface area contributed by atoms with Crippen molar-refractivity contribution in [1.29, 1.82) is 0 Å². The highest BCUT2D eigenvalue weighted by molar-refractivity contribution is 5.62. The molecule has 0 saturated carbocycles. The lowest BCUT2D eigenvalue weighted by Gasteiger charge is -2.30. The molecule has 1 aromatic rings. The van der Waals surface area contributed by atoms with E-state index in [0.29, 0.717) is 18.2 Å². The lowest BCUT2D eigenvalue weighted by molar-refractivity contribution is -0.386. The number of hydrogen-bond donors (Lipinski definition) is 2. The second kappa shape index (κ2) is 4.97. The number of nitro groups is 1. The van der Waals surface area contributed by atoms with Gasteiger partial charge < -0.3 is 10.6 Å². The van der Waals surface area contributed by atoms with Gasteiger partial charge in [-0.15, -0.1) is 0 Å². The summed E-state index contributed by atoms with van der Waals surface area (Å²) in [6, 6.07) is 2.32. The highest BCUT2D eigenvalue weighted by atomic mass is 19.1. The van der Waals surface area contributed by atoms with Crippen LogP contribution in [0.3, 0.4) is 0 Å². The first-order valence-electron chi connectivity index (χ1n) is 6.69. The second-order valence-electron chi connectivity index (χ2n) is 5.49. The zero-order valence-corrected chi connectivity index (χ0v) is 10.7. The van der Waals surface area contributed by atoms with Crippen LogP contribution >= 0.6 is 0 Å². The van der Waals surface area contributed by atoms with Crippen LogP contribution < -0.4 is 10.6 Å². The Labute approximate surface area is 114 Å². The van der Waals surface area contributed by atoms with Gasteiger partial charge in [-0.05, 0) is 25.7 Å². The van der Waals surface area contributed by atoms with Crippen LogP contribution in [0.4, 0.5) is 20.2 Å². The standard InChI is InChI=1S/C13H15F2N3O2/c14-7-3-11(15)13(18(19)20)12(4-7)17-10-5-8-1-2-9(6-10)16-8/h3-4,8-10,16-17H,1-2,5-6H2. The van der Waals surface area contributed by atoms with E-state index in [2.05, 4.69) is 10.6 Å². The molecule has 0 amide bonds. The molecule has 2 aliphatic rings. The second-order valence-corrected chi connectivity index (χ2v) is 5.49. The Morgan fingerprint density at radius 3 is 2.50 bits per heavy atom. The fourth-order valence-electron chi connectivity index (χ4n) is 3.26. The molecule has 2 N–H and O–H groups in total. The molecule has 2 atom stereocenters. The van der Waals surface area contributed by atoms with Crippen LogP contribution in [0.25, 0.3) is 0 Å². The van der Waals surface area contributed by atoms with E-state index < -0.39 is 22.2 Å². The zero-order chi connectivity index (χ0) is 14.3. The van der Waals surface area contributed by atoms with Crippen molar-refractivity contribution in [2.75, 3.05) is 5.32 Å². The summed E-state index contributed by atoms with van der Waals surface area (Å²) in [6.07, 6.45) is 3.79. The van der Waals surface area contributed by atoms with Crippen molar-refractivity contribution in [3.63, 3.8) is 0 Å². The van der Waals surface area contributed by atoms with Crippen LogP contribution in [0.2, 0.25) is 0 Å². The number of nitro benzene ring substituents is 1. The van der Waals surface area contributed by atoms with Gasteiger partial charge in [-0.25, -0.2) is 4.39 Å². The lowest BCUT2D eigenvalue weighted by Crippen LogP contribution is -2.43. The number of anilines is 1. The number of nitrogens with one attached hydrogen (secondary N) is 2. The van der Waals surface area contributed by atoms with E-state index in [1.807, 2.05) is 0 Å². The topological polar surface area (TPSA) is 67.2 Å². The summed E-state index contributed by atoms with van der Waals surface area (Å²) in [4.78, 5) is 10.1. The van der Waals surface area contributed by atoms with Gasteiger partial charge in [0, 0.05) is 30.3 Å². The molecule has 0 radical (unpaired) electrons. The van der Waals surface area contributed by atoms with Crippen molar-refractivity contribution in [2.45, 2.75) is 43.8 Å². The molecule has 2 heterocycles. The number of hydrogen-bond acceptors (Lipinski definition) is 4. The maximum Gasteiger partial charge on any atom is 0.327 e. The molecule has 2 unspecified atom stereocenters. The molecule has 5 nitrogen and oxygen atoms in total. The van der Waals surface area contributed by atoms with Gasteiger partial charge in [-0.2, -0.15) is 4.39 Å². The van der Waals surface area contributed by atoms with Gasteiger partial charge in [0.05, 0.1) is 4.92 Å². The Hall–Kier alpha value is -1.76. The average Bonchev–Trinajstić information content (AvgIpc) is 2.67. The van der Waals surface area contributed by atoms with E-state index in [1.165, 1.54) is 0 Å². The first-order valence-corrected chi connectivity index (χ1v) is 6.69. The van der Waals surface area contributed by atoms with Crippen molar-refractivity contribution in [3.05, 3.63) is 33.9 Å². The Balaban J connectivity index is 1.85. The zero-order valence-electron chi connectivity index (χ0n) is 10.7. The molecule has 2 bridgehead atoms. The van der Waals surface area contributed by atoms with Gasteiger partial charge in [0.2, 0.25) is 5.82 Å². The fourth-order valence-corrected chi connectivity index (χ4v) is 3.26. The van der Waals surface area contributed by atoms with Gasteiger partial charge in [-0.1, -0.05) is 0 Å². The SMILES string of the molecule is O=[N+]([O-])c1c(F)cc(F)cc1NC1CC2CCC(C1)N2. The summed E-state index contributed by atoms with van der Waals surface area (Å²) in [5.74, 6) is -1.96. The predicted molar refractivity (Wildman–Crippen MR) is 69.6 cm³/mol. The Morgan fingerprint density at radius 1 is 1.25 bits per heavy atom. The molecule has 0 spiro atoms. The van der Waals surface area contributed by atoms with Gasteiger partial charge in [-0.3, -0.25) is 10.1 Å². The largest absolute Gasteiger partial charge is 0.376 e. The van der Waals surface area contributed by atoms with E-state index in [1.54, 1.807) is 0 Å². The molecular weight excluding hydrogens is 268 g/mol. The smallest absolute Gasteiger partial charge is 0.327 e. The molecule has 1 aromatic carbocycles. The molecule has 0 aromatic heterocycles. The van der Waals surface area contributed by atoms with Gasteiger partial charge in [0.25, 0.3) is 0 Å². The first-order chi connectivity index (χ1) is 9.52. The van der Waals surface area contributed by atoms with Crippen molar-refractivity contribution >= 4 is 11.4 Å². The summed E-state index contributed by atoms with van der Waals surface area (Å²) >= 11 is 0. The summed E-state index contributed by atoms with van der Waals surface area (Å²) < 4.78 is 26.8.